The number of amides is 1. The number of carbonyl (C=O) groups excluding carboxylic acids is 1. The Bertz CT molecular complexity index is 813. The van der Waals surface area contributed by atoms with E-state index >= 15 is 0 Å². The maximum Gasteiger partial charge on any atom is 0.231 e. The Balaban J connectivity index is 1.48. The highest BCUT2D eigenvalue weighted by Gasteiger charge is 2.60. The van der Waals surface area contributed by atoms with Crippen LogP contribution >= 0.6 is 0 Å². The topological polar surface area (TPSA) is 42.0 Å². The Hall–Kier alpha value is -2.16. The Labute approximate surface area is 155 Å². The standard InChI is InChI=1S/C23H26N2O/c1-16-5-7-19(8-6-16)22-11-17-10-18(12-22)14-23(13-17,15-22)21(26)25-20-4-2-3-9-24-20/h2-9,17-18H,10-15H2,1H3,(H,24,25,26)/t17-,18+,22?,23?. The van der Waals surface area contributed by atoms with Crippen molar-refractivity contribution < 1.29 is 4.79 Å². The third-order valence-electron chi connectivity index (χ3n) is 7.11. The molecule has 1 heterocycles. The van der Waals surface area contributed by atoms with Crippen LogP contribution in [0.4, 0.5) is 5.82 Å². The summed E-state index contributed by atoms with van der Waals surface area (Å²) >= 11 is 0. The number of aryl methyl sites for hydroxylation is 1. The monoisotopic (exact) mass is 346 g/mol. The lowest BCUT2D eigenvalue weighted by Gasteiger charge is -2.61. The van der Waals surface area contributed by atoms with E-state index in [1.807, 2.05) is 18.2 Å². The molecule has 1 N–H and O–H groups in total. The van der Waals surface area contributed by atoms with E-state index in [9.17, 15) is 4.79 Å². The molecule has 4 bridgehead atoms. The van der Waals surface area contributed by atoms with Crippen molar-refractivity contribution in [3.63, 3.8) is 0 Å². The van der Waals surface area contributed by atoms with Gasteiger partial charge in [0.25, 0.3) is 0 Å². The number of hydrogen-bond acceptors (Lipinski definition) is 2. The Morgan fingerprint density at radius 2 is 1.77 bits per heavy atom. The molecule has 4 atom stereocenters. The minimum atomic E-state index is -0.216. The van der Waals surface area contributed by atoms with Crippen LogP contribution < -0.4 is 5.32 Å². The average molecular weight is 346 g/mol. The third-order valence-corrected chi connectivity index (χ3v) is 7.11. The van der Waals surface area contributed by atoms with Gasteiger partial charge in [0, 0.05) is 6.20 Å². The first-order valence-corrected chi connectivity index (χ1v) is 9.87. The van der Waals surface area contributed by atoms with Gasteiger partial charge in [-0.05, 0) is 80.4 Å². The van der Waals surface area contributed by atoms with Crippen molar-refractivity contribution in [2.24, 2.45) is 17.3 Å². The maximum atomic E-state index is 13.3. The molecule has 26 heavy (non-hydrogen) atoms. The fourth-order valence-corrected chi connectivity index (χ4v) is 6.46. The Morgan fingerprint density at radius 1 is 1.04 bits per heavy atom. The molecule has 4 aliphatic carbocycles. The maximum absolute atomic E-state index is 13.3. The molecule has 1 aromatic carbocycles. The van der Waals surface area contributed by atoms with Gasteiger partial charge in [0.2, 0.25) is 5.91 Å². The number of pyridine rings is 1. The number of rotatable bonds is 3. The largest absolute Gasteiger partial charge is 0.310 e. The number of anilines is 1. The van der Waals surface area contributed by atoms with Crippen LogP contribution in [0.2, 0.25) is 0 Å². The first-order chi connectivity index (χ1) is 12.6. The molecule has 1 aromatic heterocycles. The van der Waals surface area contributed by atoms with E-state index in [-0.39, 0.29) is 16.7 Å². The molecule has 3 heteroatoms. The van der Waals surface area contributed by atoms with E-state index in [2.05, 4.69) is 41.5 Å². The van der Waals surface area contributed by atoms with Crippen molar-refractivity contribution in [2.75, 3.05) is 5.32 Å². The lowest BCUT2D eigenvalue weighted by Crippen LogP contribution is -2.58. The van der Waals surface area contributed by atoms with Gasteiger partial charge in [-0.3, -0.25) is 4.79 Å². The van der Waals surface area contributed by atoms with Crippen molar-refractivity contribution in [1.82, 2.24) is 4.98 Å². The number of carbonyl (C=O) groups is 1. The molecule has 0 aliphatic heterocycles. The second-order valence-corrected chi connectivity index (χ2v) is 9.06. The fraction of sp³-hybridized carbons (Fsp3) is 0.478. The third kappa shape index (κ3) is 2.48. The van der Waals surface area contributed by atoms with E-state index in [1.165, 1.54) is 30.4 Å². The van der Waals surface area contributed by atoms with Gasteiger partial charge < -0.3 is 5.32 Å². The van der Waals surface area contributed by atoms with Crippen LogP contribution in [0.15, 0.2) is 48.7 Å². The minimum Gasteiger partial charge on any atom is -0.310 e. The predicted molar refractivity (Wildman–Crippen MR) is 103 cm³/mol. The van der Waals surface area contributed by atoms with Gasteiger partial charge in [-0.1, -0.05) is 35.9 Å². The van der Waals surface area contributed by atoms with Crippen molar-refractivity contribution in [1.29, 1.82) is 0 Å². The Morgan fingerprint density at radius 3 is 2.42 bits per heavy atom. The normalized spacial score (nSPS) is 34.7. The molecule has 134 valence electrons. The first-order valence-electron chi connectivity index (χ1n) is 9.87. The number of aromatic nitrogens is 1. The number of nitrogens with one attached hydrogen (secondary N) is 1. The zero-order valence-electron chi connectivity index (χ0n) is 15.4. The molecular weight excluding hydrogens is 320 g/mol. The SMILES string of the molecule is Cc1ccc(C23C[C@@H]4C[C@@H](CC(C(=O)Nc5ccccn5)(C4)C2)C3)cc1. The molecular formula is C23H26N2O. The number of benzene rings is 1. The van der Waals surface area contributed by atoms with Gasteiger partial charge in [-0.25, -0.2) is 4.98 Å². The van der Waals surface area contributed by atoms with E-state index in [4.69, 9.17) is 0 Å². The van der Waals surface area contributed by atoms with Crippen molar-refractivity contribution in [3.05, 3.63) is 59.8 Å². The zero-order valence-corrected chi connectivity index (χ0v) is 15.4. The van der Waals surface area contributed by atoms with Crippen LogP contribution in [-0.4, -0.2) is 10.9 Å². The van der Waals surface area contributed by atoms with Crippen LogP contribution in [0.1, 0.15) is 49.7 Å². The minimum absolute atomic E-state index is 0.194. The summed E-state index contributed by atoms with van der Waals surface area (Å²) in [4.78, 5) is 17.6. The summed E-state index contributed by atoms with van der Waals surface area (Å²) in [7, 11) is 0. The second kappa shape index (κ2) is 5.67. The molecule has 6 rings (SSSR count). The summed E-state index contributed by atoms with van der Waals surface area (Å²) in [5.74, 6) is 2.25. The van der Waals surface area contributed by atoms with E-state index < -0.39 is 0 Å². The average Bonchev–Trinajstić information content (AvgIpc) is 2.62. The van der Waals surface area contributed by atoms with Gasteiger partial charge in [-0.15, -0.1) is 0 Å². The molecule has 2 aromatic rings. The zero-order chi connectivity index (χ0) is 17.8. The van der Waals surface area contributed by atoms with Gasteiger partial charge in [0.05, 0.1) is 5.41 Å². The lowest BCUT2D eigenvalue weighted by atomic mass is 9.42. The molecule has 4 aliphatic rings. The lowest BCUT2D eigenvalue weighted by molar-refractivity contribution is -0.143. The van der Waals surface area contributed by atoms with E-state index in [0.717, 1.165) is 19.3 Å². The van der Waals surface area contributed by atoms with Crippen molar-refractivity contribution in [2.45, 2.75) is 50.9 Å². The van der Waals surface area contributed by atoms with Crippen LogP contribution in [0.25, 0.3) is 0 Å². The summed E-state index contributed by atoms with van der Waals surface area (Å²) < 4.78 is 0. The van der Waals surface area contributed by atoms with Gasteiger partial charge in [0.15, 0.2) is 0 Å². The van der Waals surface area contributed by atoms with Crippen LogP contribution in [0, 0.1) is 24.2 Å². The van der Waals surface area contributed by atoms with Gasteiger partial charge >= 0.3 is 0 Å². The summed E-state index contributed by atoms with van der Waals surface area (Å²) in [5, 5.41) is 3.13. The van der Waals surface area contributed by atoms with Crippen LogP contribution in [0.3, 0.4) is 0 Å². The highest BCUT2D eigenvalue weighted by Crippen LogP contribution is 2.65. The molecule has 0 spiro atoms. The van der Waals surface area contributed by atoms with Crippen LogP contribution in [0.5, 0.6) is 0 Å². The van der Waals surface area contributed by atoms with Crippen LogP contribution in [-0.2, 0) is 10.2 Å². The molecule has 1 amide bonds. The van der Waals surface area contributed by atoms with Crippen molar-refractivity contribution in [3.8, 4) is 0 Å². The summed E-state index contributed by atoms with van der Waals surface area (Å²) in [5.41, 5.74) is 2.74. The molecule has 0 saturated heterocycles. The summed E-state index contributed by atoms with van der Waals surface area (Å²) in [6.07, 6.45) is 8.66. The molecule has 4 fully saturated rings. The van der Waals surface area contributed by atoms with E-state index in [0.29, 0.717) is 17.7 Å². The second-order valence-electron chi connectivity index (χ2n) is 9.06. The van der Waals surface area contributed by atoms with Gasteiger partial charge in [-0.2, -0.15) is 0 Å². The Kier molecular flexibility index (Phi) is 3.50. The summed E-state index contributed by atoms with van der Waals surface area (Å²) in [6.45, 7) is 2.14. The molecule has 0 radical (unpaired) electrons. The number of nitrogens with zero attached hydrogens (tertiary/aromatic N) is 1. The fourth-order valence-electron chi connectivity index (χ4n) is 6.46. The highest BCUT2D eigenvalue weighted by atomic mass is 16.2. The van der Waals surface area contributed by atoms with Crippen molar-refractivity contribution >= 4 is 11.7 Å². The molecule has 3 nitrogen and oxygen atoms in total. The molecule has 2 unspecified atom stereocenters. The van der Waals surface area contributed by atoms with E-state index in [1.54, 1.807) is 6.20 Å². The predicted octanol–water partition coefficient (Wildman–Crippen LogP) is 4.87. The smallest absolute Gasteiger partial charge is 0.231 e. The number of hydrogen-bond donors (Lipinski definition) is 1. The summed E-state index contributed by atoms with van der Waals surface area (Å²) in [6, 6.07) is 14.8. The first kappa shape index (κ1) is 16.0. The van der Waals surface area contributed by atoms with Gasteiger partial charge in [0.1, 0.15) is 5.82 Å². The molecule has 4 saturated carbocycles. The quantitative estimate of drug-likeness (QED) is 0.862. The highest BCUT2D eigenvalue weighted by molar-refractivity contribution is 5.95.